The quantitative estimate of drug-likeness (QED) is 0.624. The largest absolute Gasteiger partial charge is 0.260 e. The van der Waals surface area contributed by atoms with Gasteiger partial charge >= 0.3 is 0 Å². The topological polar surface area (TPSA) is 12.9 Å². The highest BCUT2D eigenvalue weighted by Gasteiger charge is 2.27. The molecule has 2 rings (SSSR count). The molecular formula is C10H12N. The van der Waals surface area contributed by atoms with Crippen molar-refractivity contribution < 1.29 is 0 Å². The van der Waals surface area contributed by atoms with E-state index >= 15 is 0 Å². The molecule has 0 N–H and O–H groups in total. The van der Waals surface area contributed by atoms with Gasteiger partial charge in [-0.25, -0.2) is 0 Å². The molecule has 57 valence electrons. The Hall–Kier alpha value is -0.850. The van der Waals surface area contributed by atoms with Crippen LogP contribution in [0.2, 0.25) is 0 Å². The molecule has 1 radical (unpaired) electrons. The lowest BCUT2D eigenvalue weighted by Gasteiger charge is -2.02. The zero-order chi connectivity index (χ0) is 7.68. The summed E-state index contributed by atoms with van der Waals surface area (Å²) in [5.41, 5.74) is 2.68. The van der Waals surface area contributed by atoms with Crippen LogP contribution in [0.3, 0.4) is 0 Å². The summed E-state index contributed by atoms with van der Waals surface area (Å²) in [7, 11) is 0. The fraction of sp³-hybridized carbons (Fsp3) is 0.400. The summed E-state index contributed by atoms with van der Waals surface area (Å²) in [6.07, 6.45) is 5.53. The summed E-state index contributed by atoms with van der Waals surface area (Å²) < 4.78 is 0. The molecule has 0 aromatic carbocycles. The van der Waals surface area contributed by atoms with E-state index in [0.717, 1.165) is 6.42 Å². The zero-order valence-electron chi connectivity index (χ0n) is 6.80. The van der Waals surface area contributed by atoms with Crippen molar-refractivity contribution in [3.8, 4) is 0 Å². The van der Waals surface area contributed by atoms with E-state index in [1.807, 2.05) is 12.3 Å². The molecule has 1 saturated carbocycles. The molecule has 1 nitrogen and oxygen atoms in total. The van der Waals surface area contributed by atoms with E-state index in [9.17, 15) is 0 Å². The molecule has 1 fully saturated rings. The molecule has 0 aliphatic heterocycles. The Morgan fingerprint density at radius 3 is 2.91 bits per heavy atom. The van der Waals surface area contributed by atoms with Crippen LogP contribution in [-0.4, -0.2) is 4.98 Å². The summed E-state index contributed by atoms with van der Waals surface area (Å²) in [6, 6.07) is 4.19. The third kappa shape index (κ3) is 1.28. The number of nitrogens with zero attached hydrogens (tertiary/aromatic N) is 1. The van der Waals surface area contributed by atoms with Gasteiger partial charge in [-0.3, -0.25) is 4.98 Å². The van der Waals surface area contributed by atoms with Crippen LogP contribution in [0.5, 0.6) is 0 Å². The summed E-state index contributed by atoms with van der Waals surface area (Å²) in [5, 5.41) is 0. The van der Waals surface area contributed by atoms with Gasteiger partial charge in [0.1, 0.15) is 0 Å². The van der Waals surface area contributed by atoms with Crippen LogP contribution < -0.4 is 0 Å². The Kier molecular flexibility index (Phi) is 1.65. The van der Waals surface area contributed by atoms with Gasteiger partial charge in [-0.1, -0.05) is 13.0 Å². The van der Waals surface area contributed by atoms with Crippen LogP contribution in [0.15, 0.2) is 18.3 Å². The maximum absolute atomic E-state index is 4.37. The predicted octanol–water partition coefficient (Wildman–Crippen LogP) is 2.36. The first-order valence-corrected chi connectivity index (χ1v) is 4.20. The Balaban J connectivity index is 2.34. The average molecular weight is 146 g/mol. The number of hydrogen-bond acceptors (Lipinski definition) is 1. The van der Waals surface area contributed by atoms with Crippen molar-refractivity contribution in [2.75, 3.05) is 0 Å². The van der Waals surface area contributed by atoms with Gasteiger partial charge in [-0.2, -0.15) is 0 Å². The minimum atomic E-state index is 1.10. The third-order valence-corrected chi connectivity index (χ3v) is 2.11. The number of hydrogen-bond donors (Lipinski definition) is 0. The highest BCUT2D eigenvalue weighted by atomic mass is 14.7. The summed E-state index contributed by atoms with van der Waals surface area (Å²) in [4.78, 5) is 4.37. The second kappa shape index (κ2) is 2.65. The summed E-state index contributed by atoms with van der Waals surface area (Å²) >= 11 is 0. The Bertz CT molecular complexity index is 251. The first kappa shape index (κ1) is 6.84. The molecule has 0 spiro atoms. The maximum Gasteiger partial charge on any atom is 0.0506 e. The minimum Gasteiger partial charge on any atom is -0.260 e. The fourth-order valence-corrected chi connectivity index (χ4v) is 1.34. The van der Waals surface area contributed by atoms with E-state index in [0.29, 0.717) is 0 Å². The van der Waals surface area contributed by atoms with E-state index in [2.05, 4.69) is 18.0 Å². The first-order valence-electron chi connectivity index (χ1n) is 4.20. The number of pyridine rings is 1. The lowest BCUT2D eigenvalue weighted by Crippen LogP contribution is -1.93. The van der Waals surface area contributed by atoms with E-state index in [-0.39, 0.29) is 0 Å². The van der Waals surface area contributed by atoms with Crippen molar-refractivity contribution in [2.45, 2.75) is 26.2 Å². The SMILES string of the molecule is CCc1cccnc1[C]1CC1. The lowest BCUT2D eigenvalue weighted by molar-refractivity contribution is 1.05. The van der Waals surface area contributed by atoms with Crippen LogP contribution in [0.1, 0.15) is 31.0 Å². The highest BCUT2D eigenvalue weighted by Crippen LogP contribution is 2.39. The minimum absolute atomic E-state index is 1.10. The number of rotatable bonds is 2. The Labute approximate surface area is 67.5 Å². The molecule has 0 bridgehead atoms. The van der Waals surface area contributed by atoms with Gasteiger partial charge in [0.2, 0.25) is 0 Å². The lowest BCUT2D eigenvalue weighted by atomic mass is 10.1. The van der Waals surface area contributed by atoms with Crippen molar-refractivity contribution in [1.29, 1.82) is 0 Å². The van der Waals surface area contributed by atoms with Crippen molar-refractivity contribution in [3.05, 3.63) is 35.5 Å². The van der Waals surface area contributed by atoms with Gasteiger partial charge in [-0.05, 0) is 30.9 Å². The fourth-order valence-electron chi connectivity index (χ4n) is 1.34. The van der Waals surface area contributed by atoms with Gasteiger partial charge in [0, 0.05) is 12.1 Å². The summed E-state index contributed by atoms with van der Waals surface area (Å²) in [6.45, 7) is 2.18. The second-order valence-corrected chi connectivity index (χ2v) is 2.97. The molecule has 0 amide bonds. The van der Waals surface area contributed by atoms with Crippen LogP contribution in [0.4, 0.5) is 0 Å². The van der Waals surface area contributed by atoms with Gasteiger partial charge in [0.15, 0.2) is 0 Å². The maximum atomic E-state index is 4.37. The number of aryl methyl sites for hydroxylation is 1. The predicted molar refractivity (Wildman–Crippen MR) is 45.2 cm³/mol. The van der Waals surface area contributed by atoms with E-state index in [1.165, 1.54) is 24.1 Å². The molecule has 1 aromatic heterocycles. The van der Waals surface area contributed by atoms with E-state index in [1.54, 1.807) is 5.92 Å². The molecule has 1 heterocycles. The van der Waals surface area contributed by atoms with Gasteiger partial charge < -0.3 is 0 Å². The molecule has 0 saturated heterocycles. The third-order valence-electron chi connectivity index (χ3n) is 2.11. The monoisotopic (exact) mass is 146 g/mol. The van der Waals surface area contributed by atoms with Gasteiger partial charge in [0.05, 0.1) is 5.69 Å². The number of aromatic nitrogens is 1. The van der Waals surface area contributed by atoms with Crippen LogP contribution >= 0.6 is 0 Å². The van der Waals surface area contributed by atoms with Crippen molar-refractivity contribution in [1.82, 2.24) is 4.98 Å². The molecular weight excluding hydrogens is 134 g/mol. The van der Waals surface area contributed by atoms with Gasteiger partial charge in [0.25, 0.3) is 0 Å². The first-order chi connectivity index (χ1) is 5.42. The Morgan fingerprint density at radius 2 is 2.27 bits per heavy atom. The normalized spacial score (nSPS) is 16.8. The van der Waals surface area contributed by atoms with Crippen molar-refractivity contribution in [2.24, 2.45) is 0 Å². The zero-order valence-corrected chi connectivity index (χ0v) is 6.80. The molecule has 0 unspecified atom stereocenters. The molecule has 1 aliphatic rings. The molecule has 1 heteroatoms. The van der Waals surface area contributed by atoms with Crippen LogP contribution in [0.25, 0.3) is 0 Å². The standard InChI is InChI=1S/C10H12N/c1-2-8-4-3-7-11-10(8)9-5-6-9/h3-4,7H,2,5-6H2,1H3. The summed E-state index contributed by atoms with van der Waals surface area (Å²) in [5.74, 6) is 1.54. The molecule has 1 aliphatic carbocycles. The van der Waals surface area contributed by atoms with Crippen LogP contribution in [-0.2, 0) is 6.42 Å². The molecule has 11 heavy (non-hydrogen) atoms. The van der Waals surface area contributed by atoms with Crippen molar-refractivity contribution >= 4 is 0 Å². The van der Waals surface area contributed by atoms with Crippen molar-refractivity contribution in [3.63, 3.8) is 0 Å². The van der Waals surface area contributed by atoms with Crippen LogP contribution in [0, 0.1) is 5.92 Å². The van der Waals surface area contributed by atoms with E-state index < -0.39 is 0 Å². The molecule has 1 aromatic rings. The smallest absolute Gasteiger partial charge is 0.0506 e. The van der Waals surface area contributed by atoms with E-state index in [4.69, 9.17) is 0 Å². The Morgan fingerprint density at radius 1 is 1.45 bits per heavy atom. The molecule has 0 atom stereocenters. The average Bonchev–Trinajstić information content (AvgIpc) is 2.87. The second-order valence-electron chi connectivity index (χ2n) is 2.97. The van der Waals surface area contributed by atoms with Gasteiger partial charge in [-0.15, -0.1) is 0 Å². The highest BCUT2D eigenvalue weighted by molar-refractivity contribution is 5.37.